The minimum atomic E-state index is -0.439. The lowest BCUT2D eigenvalue weighted by Crippen LogP contribution is -2.46. The van der Waals surface area contributed by atoms with E-state index in [1.807, 2.05) is 42.2 Å². The molecule has 33 heavy (non-hydrogen) atoms. The maximum atomic E-state index is 13.1. The number of ether oxygens (including phenoxy) is 1. The molecule has 0 N–H and O–H groups in total. The second-order valence-electron chi connectivity index (χ2n) is 8.02. The Balaban J connectivity index is 1.58. The van der Waals surface area contributed by atoms with E-state index < -0.39 is 5.97 Å². The second-order valence-corrected chi connectivity index (χ2v) is 9.00. The van der Waals surface area contributed by atoms with Crippen LogP contribution in [-0.4, -0.2) is 29.3 Å². The zero-order valence-electron chi connectivity index (χ0n) is 18.1. The number of hydrogen-bond acceptors (Lipinski definition) is 7. The fraction of sp³-hybridized carbons (Fsp3) is 0.192. The Kier molecular flexibility index (Phi) is 4.84. The zero-order chi connectivity index (χ0) is 22.4. The van der Waals surface area contributed by atoms with E-state index in [0.29, 0.717) is 5.96 Å². The first kappa shape index (κ1) is 19.9. The second kappa shape index (κ2) is 8.01. The predicted molar refractivity (Wildman–Crippen MR) is 131 cm³/mol. The van der Waals surface area contributed by atoms with Crippen molar-refractivity contribution >= 4 is 40.5 Å². The van der Waals surface area contributed by atoms with Gasteiger partial charge in [0.15, 0.2) is 0 Å². The highest BCUT2D eigenvalue weighted by Crippen LogP contribution is 2.47. The average Bonchev–Trinajstić information content (AvgIpc) is 3.52. The topological polar surface area (TPSA) is 57.5 Å². The molecule has 0 saturated carbocycles. The number of thiophene rings is 1. The number of rotatable bonds is 4. The molecule has 1 atom stereocenters. The van der Waals surface area contributed by atoms with Crippen LogP contribution in [0.15, 0.2) is 87.8 Å². The number of carbonyl (C=O) groups is 1. The number of hydrogen-bond donors (Lipinski definition) is 0. The fourth-order valence-corrected chi connectivity index (χ4v) is 5.58. The summed E-state index contributed by atoms with van der Waals surface area (Å²) < 4.78 is 5.41. The highest BCUT2D eigenvalue weighted by Gasteiger charge is 2.47. The third-order valence-corrected chi connectivity index (χ3v) is 7.06. The average molecular weight is 455 g/mol. The number of amidine groups is 1. The molecule has 3 heterocycles. The van der Waals surface area contributed by atoms with Crippen molar-refractivity contribution in [2.75, 3.05) is 11.6 Å². The van der Waals surface area contributed by atoms with Crippen molar-refractivity contribution in [3.05, 3.63) is 93.7 Å². The molecule has 1 unspecified atom stereocenters. The summed E-state index contributed by atoms with van der Waals surface area (Å²) in [5.74, 6) is 0.451. The van der Waals surface area contributed by atoms with Gasteiger partial charge in [-0.15, -0.1) is 16.4 Å². The maximum Gasteiger partial charge on any atom is 0.376 e. The minimum absolute atomic E-state index is 0.155. The molecule has 2 aromatic carbocycles. The Morgan fingerprint density at radius 2 is 1.88 bits per heavy atom. The standard InChI is InChI=1S/C26H22N4O2S/c1-2-32-25(31)24-28-30(18-10-4-3-5-11-18)26-27-22-19-12-7-6-9-17(19)14-15-20(22)23(29(24)26)21-13-8-16-33-21/h3-13,16,23H,2,14-15H2,1H3. The van der Waals surface area contributed by atoms with Gasteiger partial charge in [0, 0.05) is 10.4 Å². The van der Waals surface area contributed by atoms with Crippen LogP contribution in [0.3, 0.4) is 0 Å². The monoisotopic (exact) mass is 454 g/mol. The van der Waals surface area contributed by atoms with Gasteiger partial charge in [-0.05, 0) is 54.5 Å². The number of anilines is 1. The smallest absolute Gasteiger partial charge is 0.376 e. The SMILES string of the molecule is CCOC(=O)C1=NN(c2ccccc2)C2=NC3=C(CCc4ccccc43)C(c3cccs3)N12. The summed E-state index contributed by atoms with van der Waals surface area (Å²) in [6.45, 7) is 2.09. The number of esters is 1. The molecule has 0 fully saturated rings. The summed E-state index contributed by atoms with van der Waals surface area (Å²) in [7, 11) is 0. The molecule has 1 aromatic heterocycles. The molecular weight excluding hydrogens is 432 g/mol. The lowest BCUT2D eigenvalue weighted by atomic mass is 9.84. The van der Waals surface area contributed by atoms with Crippen molar-refractivity contribution in [2.45, 2.75) is 25.8 Å². The van der Waals surface area contributed by atoms with Crippen LogP contribution in [0.25, 0.3) is 5.70 Å². The normalized spacial score (nSPS) is 18.9. The summed E-state index contributed by atoms with van der Waals surface area (Å²) in [5, 5.41) is 8.58. The van der Waals surface area contributed by atoms with Gasteiger partial charge in [0.25, 0.3) is 0 Å². The number of para-hydroxylation sites is 1. The van der Waals surface area contributed by atoms with Crippen LogP contribution in [0.1, 0.15) is 35.4 Å². The number of carbonyl (C=O) groups excluding carboxylic acids is 1. The van der Waals surface area contributed by atoms with Crippen molar-refractivity contribution in [2.24, 2.45) is 10.1 Å². The van der Waals surface area contributed by atoms with Crippen LogP contribution < -0.4 is 5.01 Å². The van der Waals surface area contributed by atoms with Crippen LogP contribution in [0, 0.1) is 0 Å². The van der Waals surface area contributed by atoms with Crippen molar-refractivity contribution in [1.29, 1.82) is 0 Å². The van der Waals surface area contributed by atoms with Crippen molar-refractivity contribution in [3.63, 3.8) is 0 Å². The molecule has 3 aliphatic rings. The molecule has 2 aliphatic heterocycles. The number of nitrogens with zero attached hydrogens (tertiary/aromatic N) is 4. The molecule has 0 radical (unpaired) electrons. The van der Waals surface area contributed by atoms with E-state index in [1.54, 1.807) is 16.3 Å². The van der Waals surface area contributed by atoms with Gasteiger partial charge in [-0.25, -0.2) is 9.79 Å². The van der Waals surface area contributed by atoms with Crippen LogP contribution in [0.4, 0.5) is 5.69 Å². The van der Waals surface area contributed by atoms with E-state index in [4.69, 9.17) is 14.8 Å². The van der Waals surface area contributed by atoms with Crippen molar-refractivity contribution < 1.29 is 9.53 Å². The molecule has 0 amide bonds. The van der Waals surface area contributed by atoms with Gasteiger partial charge < -0.3 is 4.74 Å². The molecule has 164 valence electrons. The van der Waals surface area contributed by atoms with Gasteiger partial charge in [0.05, 0.1) is 24.0 Å². The summed E-state index contributed by atoms with van der Waals surface area (Å²) in [6.07, 6.45) is 1.83. The molecule has 0 saturated heterocycles. The number of benzene rings is 2. The van der Waals surface area contributed by atoms with Gasteiger partial charge in [0.1, 0.15) is 0 Å². The van der Waals surface area contributed by atoms with E-state index in [1.165, 1.54) is 11.1 Å². The van der Waals surface area contributed by atoms with Crippen LogP contribution in [-0.2, 0) is 16.0 Å². The molecular formula is C26H22N4O2S. The third-order valence-electron chi connectivity index (χ3n) is 6.14. The van der Waals surface area contributed by atoms with E-state index in [9.17, 15) is 4.79 Å². The Morgan fingerprint density at radius 1 is 1.06 bits per heavy atom. The lowest BCUT2D eigenvalue weighted by molar-refractivity contribution is -0.135. The first-order valence-corrected chi connectivity index (χ1v) is 12.0. The Hall–Kier alpha value is -3.71. The molecule has 6 nitrogen and oxygen atoms in total. The number of guanidine groups is 1. The third kappa shape index (κ3) is 3.19. The van der Waals surface area contributed by atoms with Gasteiger partial charge in [-0.3, -0.25) is 4.90 Å². The Bertz CT molecular complexity index is 1310. The highest BCUT2D eigenvalue weighted by molar-refractivity contribution is 7.10. The van der Waals surface area contributed by atoms with Gasteiger partial charge in [-0.1, -0.05) is 48.5 Å². The summed E-state index contributed by atoms with van der Waals surface area (Å²) in [4.78, 5) is 21.3. The molecule has 1 aliphatic carbocycles. The summed E-state index contributed by atoms with van der Waals surface area (Å²) in [5.41, 5.74) is 5.51. The van der Waals surface area contributed by atoms with Crippen molar-refractivity contribution in [3.8, 4) is 0 Å². The predicted octanol–water partition coefficient (Wildman–Crippen LogP) is 5.22. The highest BCUT2D eigenvalue weighted by atomic mass is 32.1. The Labute approximate surface area is 196 Å². The van der Waals surface area contributed by atoms with Crippen molar-refractivity contribution in [1.82, 2.24) is 4.90 Å². The van der Waals surface area contributed by atoms with E-state index in [-0.39, 0.29) is 18.5 Å². The molecule has 6 rings (SSSR count). The largest absolute Gasteiger partial charge is 0.460 e. The minimum Gasteiger partial charge on any atom is -0.460 e. The molecule has 7 heteroatoms. The van der Waals surface area contributed by atoms with Gasteiger partial charge >= 0.3 is 5.97 Å². The summed E-state index contributed by atoms with van der Waals surface area (Å²) >= 11 is 1.68. The first-order chi connectivity index (χ1) is 16.3. The van der Waals surface area contributed by atoms with Crippen LogP contribution >= 0.6 is 11.3 Å². The quantitative estimate of drug-likeness (QED) is 0.508. The van der Waals surface area contributed by atoms with Gasteiger partial charge in [-0.2, -0.15) is 5.01 Å². The van der Waals surface area contributed by atoms with E-state index >= 15 is 0 Å². The fourth-order valence-electron chi connectivity index (χ4n) is 4.73. The van der Waals surface area contributed by atoms with Crippen LogP contribution in [0.5, 0.6) is 0 Å². The van der Waals surface area contributed by atoms with E-state index in [0.717, 1.165) is 34.7 Å². The number of hydrazone groups is 1. The van der Waals surface area contributed by atoms with Gasteiger partial charge in [0.2, 0.25) is 11.8 Å². The lowest BCUT2D eigenvalue weighted by Gasteiger charge is -2.38. The van der Waals surface area contributed by atoms with Crippen LogP contribution in [0.2, 0.25) is 0 Å². The van der Waals surface area contributed by atoms with E-state index in [2.05, 4.69) is 41.8 Å². The maximum absolute atomic E-state index is 13.1. The number of aliphatic imine (C=N–C) groups is 1. The number of aryl methyl sites for hydroxylation is 1. The number of fused-ring (bicyclic) bond motifs is 3. The first-order valence-electron chi connectivity index (χ1n) is 11.1. The zero-order valence-corrected chi connectivity index (χ0v) is 19.0. The summed E-state index contributed by atoms with van der Waals surface area (Å²) in [6, 6.07) is 22.3. The molecule has 0 bridgehead atoms. The Morgan fingerprint density at radius 3 is 2.67 bits per heavy atom. The molecule has 0 spiro atoms. The molecule has 3 aromatic rings.